The van der Waals surface area contributed by atoms with Gasteiger partial charge in [0.05, 0.1) is 5.69 Å². The van der Waals surface area contributed by atoms with Gasteiger partial charge in [0, 0.05) is 69.5 Å². The van der Waals surface area contributed by atoms with Crippen LogP contribution >= 0.6 is 0 Å². The first-order valence-corrected chi connectivity index (χ1v) is 8.49. The Bertz CT molecular complexity index is 886. The Balaban J connectivity index is 1.68. The van der Waals surface area contributed by atoms with Crippen LogP contribution in [0.15, 0.2) is 55.0 Å². The van der Waals surface area contributed by atoms with E-state index < -0.39 is 0 Å². The van der Waals surface area contributed by atoms with Gasteiger partial charge in [-0.3, -0.25) is 14.5 Å². The smallest absolute Gasteiger partial charge is 0.253 e. The number of nitrogens with zero attached hydrogens (tertiary/aromatic N) is 4. The Labute approximate surface area is 153 Å². The second-order valence-electron chi connectivity index (χ2n) is 6.42. The lowest BCUT2D eigenvalue weighted by Crippen LogP contribution is -2.22. The normalized spacial score (nSPS) is 10.7. The molecule has 0 fully saturated rings. The van der Waals surface area contributed by atoms with Gasteiger partial charge in [-0.05, 0) is 29.8 Å². The molecule has 0 saturated carbocycles. The SMILES string of the molecule is CN(C)C(=O)c1cccc(CNCc2cn(C)nc2-c2ccncc2)c1. The van der Waals surface area contributed by atoms with Gasteiger partial charge in [-0.25, -0.2) is 0 Å². The lowest BCUT2D eigenvalue weighted by Gasteiger charge is -2.11. The lowest BCUT2D eigenvalue weighted by atomic mass is 10.1. The molecular formula is C20H23N5O. The van der Waals surface area contributed by atoms with Crippen molar-refractivity contribution in [1.82, 2.24) is 25.0 Å². The number of amides is 1. The highest BCUT2D eigenvalue weighted by atomic mass is 16.2. The number of benzene rings is 1. The number of hydrogen-bond acceptors (Lipinski definition) is 4. The molecule has 26 heavy (non-hydrogen) atoms. The topological polar surface area (TPSA) is 63.1 Å². The van der Waals surface area contributed by atoms with E-state index in [4.69, 9.17) is 0 Å². The molecule has 0 unspecified atom stereocenters. The van der Waals surface area contributed by atoms with Gasteiger partial charge >= 0.3 is 0 Å². The number of aryl methyl sites for hydroxylation is 1. The number of rotatable bonds is 6. The number of hydrogen-bond donors (Lipinski definition) is 1. The third kappa shape index (κ3) is 4.15. The fourth-order valence-electron chi connectivity index (χ4n) is 2.83. The van der Waals surface area contributed by atoms with Gasteiger partial charge in [0.25, 0.3) is 5.91 Å². The highest BCUT2D eigenvalue weighted by Crippen LogP contribution is 2.21. The Hall–Kier alpha value is -2.99. The Morgan fingerprint density at radius 1 is 1.15 bits per heavy atom. The zero-order chi connectivity index (χ0) is 18.5. The molecule has 0 atom stereocenters. The molecule has 0 saturated heterocycles. The average Bonchev–Trinajstić information content (AvgIpc) is 3.02. The predicted octanol–water partition coefficient (Wildman–Crippen LogP) is 2.47. The summed E-state index contributed by atoms with van der Waals surface area (Å²) < 4.78 is 1.82. The van der Waals surface area contributed by atoms with Gasteiger partial charge in [0.15, 0.2) is 0 Å². The summed E-state index contributed by atoms with van der Waals surface area (Å²) in [4.78, 5) is 17.7. The number of nitrogens with one attached hydrogen (secondary N) is 1. The van der Waals surface area contributed by atoms with Crippen LogP contribution in [0.2, 0.25) is 0 Å². The Morgan fingerprint density at radius 2 is 1.92 bits per heavy atom. The highest BCUT2D eigenvalue weighted by Gasteiger charge is 2.11. The quantitative estimate of drug-likeness (QED) is 0.743. The van der Waals surface area contributed by atoms with E-state index in [1.807, 2.05) is 54.3 Å². The van der Waals surface area contributed by atoms with Gasteiger partial charge < -0.3 is 10.2 Å². The first kappa shape index (κ1) is 17.8. The summed E-state index contributed by atoms with van der Waals surface area (Å²) in [5.41, 5.74) is 4.91. The van der Waals surface area contributed by atoms with E-state index >= 15 is 0 Å². The minimum absolute atomic E-state index is 0.0130. The van der Waals surface area contributed by atoms with E-state index in [0.717, 1.165) is 22.4 Å². The van der Waals surface area contributed by atoms with Crippen LogP contribution in [-0.4, -0.2) is 39.7 Å². The molecule has 134 valence electrons. The van der Waals surface area contributed by atoms with Crippen LogP contribution in [0, 0.1) is 0 Å². The third-order valence-corrected chi connectivity index (χ3v) is 4.08. The molecule has 1 N–H and O–H groups in total. The number of pyridine rings is 1. The van der Waals surface area contributed by atoms with Crippen molar-refractivity contribution in [3.05, 3.63) is 71.7 Å². The van der Waals surface area contributed by atoms with Crippen molar-refractivity contribution in [2.75, 3.05) is 14.1 Å². The van der Waals surface area contributed by atoms with Gasteiger partial charge in [-0.1, -0.05) is 12.1 Å². The predicted molar refractivity (Wildman–Crippen MR) is 101 cm³/mol. The number of carbonyl (C=O) groups excluding carboxylic acids is 1. The van der Waals surface area contributed by atoms with Crippen LogP contribution in [0.1, 0.15) is 21.5 Å². The Kier molecular flexibility index (Phi) is 5.43. The summed E-state index contributed by atoms with van der Waals surface area (Å²) in [6.45, 7) is 1.37. The molecule has 0 aliphatic carbocycles. The minimum Gasteiger partial charge on any atom is -0.345 e. The van der Waals surface area contributed by atoms with Crippen LogP contribution in [0.5, 0.6) is 0 Å². The lowest BCUT2D eigenvalue weighted by molar-refractivity contribution is 0.0827. The monoisotopic (exact) mass is 349 g/mol. The molecule has 1 aromatic carbocycles. The van der Waals surface area contributed by atoms with Crippen molar-refractivity contribution in [2.24, 2.45) is 7.05 Å². The van der Waals surface area contributed by atoms with Crippen LogP contribution in [-0.2, 0) is 20.1 Å². The van der Waals surface area contributed by atoms with Crippen LogP contribution < -0.4 is 5.32 Å². The summed E-state index contributed by atoms with van der Waals surface area (Å²) in [7, 11) is 5.44. The van der Waals surface area contributed by atoms with E-state index in [2.05, 4.69) is 15.4 Å². The van der Waals surface area contributed by atoms with Gasteiger partial charge in [0.2, 0.25) is 0 Å². The summed E-state index contributed by atoms with van der Waals surface area (Å²) in [6.07, 6.45) is 5.57. The zero-order valence-corrected chi connectivity index (χ0v) is 15.3. The minimum atomic E-state index is 0.0130. The molecule has 0 radical (unpaired) electrons. The molecule has 0 aliphatic heterocycles. The van der Waals surface area contributed by atoms with Crippen LogP contribution in [0.4, 0.5) is 0 Å². The first-order chi connectivity index (χ1) is 12.5. The maximum atomic E-state index is 12.1. The van der Waals surface area contributed by atoms with E-state index in [9.17, 15) is 4.79 Å². The number of aromatic nitrogens is 3. The standard InChI is InChI=1S/C20H23N5O/c1-24(2)20(26)17-6-4-5-15(11-17)12-22-13-18-14-25(3)23-19(18)16-7-9-21-10-8-16/h4-11,14,22H,12-13H2,1-3H3. The molecule has 2 aromatic heterocycles. The average molecular weight is 349 g/mol. The molecule has 3 aromatic rings. The van der Waals surface area contributed by atoms with Crippen LogP contribution in [0.25, 0.3) is 11.3 Å². The summed E-state index contributed by atoms with van der Waals surface area (Å²) in [5, 5.41) is 8.00. The summed E-state index contributed by atoms with van der Waals surface area (Å²) >= 11 is 0. The largest absolute Gasteiger partial charge is 0.345 e. The summed E-state index contributed by atoms with van der Waals surface area (Å²) in [6, 6.07) is 11.6. The fraction of sp³-hybridized carbons (Fsp3) is 0.250. The van der Waals surface area contributed by atoms with Gasteiger partial charge in [0.1, 0.15) is 0 Å². The van der Waals surface area contributed by atoms with E-state index in [1.165, 1.54) is 0 Å². The van der Waals surface area contributed by atoms with E-state index in [-0.39, 0.29) is 5.91 Å². The molecule has 6 nitrogen and oxygen atoms in total. The van der Waals surface area contributed by atoms with Crippen molar-refractivity contribution in [3.63, 3.8) is 0 Å². The van der Waals surface area contributed by atoms with E-state index in [1.54, 1.807) is 31.4 Å². The first-order valence-electron chi connectivity index (χ1n) is 8.49. The molecule has 2 heterocycles. The molecule has 0 bridgehead atoms. The van der Waals surface area contributed by atoms with Gasteiger partial charge in [-0.2, -0.15) is 5.10 Å². The van der Waals surface area contributed by atoms with Crippen LogP contribution in [0.3, 0.4) is 0 Å². The maximum absolute atomic E-state index is 12.1. The fourth-order valence-corrected chi connectivity index (χ4v) is 2.83. The van der Waals surface area contributed by atoms with Crippen molar-refractivity contribution < 1.29 is 4.79 Å². The Morgan fingerprint density at radius 3 is 2.65 bits per heavy atom. The second-order valence-corrected chi connectivity index (χ2v) is 6.42. The second kappa shape index (κ2) is 7.93. The zero-order valence-electron chi connectivity index (χ0n) is 15.3. The third-order valence-electron chi connectivity index (χ3n) is 4.08. The molecule has 1 amide bonds. The van der Waals surface area contributed by atoms with Crippen molar-refractivity contribution in [3.8, 4) is 11.3 Å². The molecular weight excluding hydrogens is 326 g/mol. The highest BCUT2D eigenvalue weighted by molar-refractivity contribution is 5.94. The molecule has 3 rings (SSSR count). The molecule has 0 spiro atoms. The van der Waals surface area contributed by atoms with E-state index in [0.29, 0.717) is 18.7 Å². The van der Waals surface area contributed by atoms with Crippen molar-refractivity contribution in [1.29, 1.82) is 0 Å². The van der Waals surface area contributed by atoms with Gasteiger partial charge in [-0.15, -0.1) is 0 Å². The van der Waals surface area contributed by atoms with Crippen molar-refractivity contribution >= 4 is 5.91 Å². The van der Waals surface area contributed by atoms with Crippen molar-refractivity contribution in [2.45, 2.75) is 13.1 Å². The molecule has 6 heteroatoms. The summed E-state index contributed by atoms with van der Waals surface area (Å²) in [5.74, 6) is 0.0130. The maximum Gasteiger partial charge on any atom is 0.253 e. The number of carbonyl (C=O) groups is 1. The molecule has 0 aliphatic rings.